The Labute approximate surface area is 156 Å². The van der Waals surface area contributed by atoms with Crippen LogP contribution in [0, 0.1) is 0 Å². The molecule has 138 valence electrons. The number of aromatic nitrogens is 5. The summed E-state index contributed by atoms with van der Waals surface area (Å²) < 4.78 is 1.66. The molecular weight excluding hydrogens is 342 g/mol. The number of fused-ring (bicyclic) bond motifs is 3. The number of nitrogens with zero attached hydrogens (tertiary/aromatic N) is 6. The number of pyridine rings is 2. The molecule has 1 amide bonds. The molecule has 0 saturated carbocycles. The average molecular weight is 363 g/mol. The predicted molar refractivity (Wildman–Crippen MR) is 101 cm³/mol. The molecule has 27 heavy (non-hydrogen) atoms. The Kier molecular flexibility index (Phi) is 3.86. The average Bonchev–Trinajstić information content (AvgIpc) is 3.37. The lowest BCUT2D eigenvalue weighted by Crippen LogP contribution is -2.36. The maximum atomic E-state index is 12.5. The van der Waals surface area contributed by atoms with E-state index in [4.69, 9.17) is 0 Å². The maximum absolute atomic E-state index is 12.5. The first-order chi connectivity index (χ1) is 13.2. The number of aryl methyl sites for hydroxylation is 1. The van der Waals surface area contributed by atoms with Gasteiger partial charge in [0.15, 0.2) is 0 Å². The molecule has 5 heterocycles. The van der Waals surface area contributed by atoms with Gasteiger partial charge < -0.3 is 5.32 Å². The van der Waals surface area contributed by atoms with Crippen LogP contribution in [0.1, 0.15) is 25.7 Å². The second-order valence-corrected chi connectivity index (χ2v) is 7.45. The van der Waals surface area contributed by atoms with Gasteiger partial charge in [-0.15, -0.1) is 5.10 Å². The molecule has 8 heteroatoms. The van der Waals surface area contributed by atoms with E-state index in [0.717, 1.165) is 22.2 Å². The highest BCUT2D eigenvalue weighted by molar-refractivity contribution is 5.93. The molecule has 2 saturated heterocycles. The normalized spacial score (nSPS) is 21.8. The Morgan fingerprint density at radius 2 is 1.93 bits per heavy atom. The lowest BCUT2D eigenvalue weighted by Gasteiger charge is -2.20. The summed E-state index contributed by atoms with van der Waals surface area (Å²) >= 11 is 0. The molecule has 2 aliphatic heterocycles. The summed E-state index contributed by atoms with van der Waals surface area (Å²) in [6.07, 6.45) is 10.2. The van der Waals surface area contributed by atoms with Crippen LogP contribution in [-0.4, -0.2) is 54.4 Å². The van der Waals surface area contributed by atoms with Crippen LogP contribution in [0.15, 0.2) is 30.7 Å². The molecule has 0 aromatic carbocycles. The Morgan fingerprint density at radius 1 is 1.15 bits per heavy atom. The summed E-state index contributed by atoms with van der Waals surface area (Å²) in [6.45, 7) is 0.451. The second-order valence-electron chi connectivity index (χ2n) is 7.45. The van der Waals surface area contributed by atoms with E-state index >= 15 is 0 Å². The van der Waals surface area contributed by atoms with E-state index in [9.17, 15) is 4.79 Å². The summed E-state index contributed by atoms with van der Waals surface area (Å²) in [5.74, 6) is 0.552. The highest BCUT2D eigenvalue weighted by atomic mass is 16.2. The molecule has 0 atom stereocenters. The van der Waals surface area contributed by atoms with Crippen LogP contribution in [0.25, 0.3) is 22.2 Å². The molecular formula is C19H21N7O. The summed E-state index contributed by atoms with van der Waals surface area (Å²) in [5.41, 5.74) is 2.42. The van der Waals surface area contributed by atoms with Crippen LogP contribution >= 0.6 is 0 Å². The van der Waals surface area contributed by atoms with Crippen molar-refractivity contribution in [3.63, 3.8) is 0 Å². The summed E-state index contributed by atoms with van der Waals surface area (Å²) in [6, 6.07) is 5.02. The Bertz CT molecular complexity index is 994. The van der Waals surface area contributed by atoms with Crippen molar-refractivity contribution < 1.29 is 4.79 Å². The van der Waals surface area contributed by atoms with Crippen molar-refractivity contribution in [3.8, 4) is 11.3 Å². The zero-order chi connectivity index (χ0) is 18.4. The molecule has 0 unspecified atom stereocenters. The van der Waals surface area contributed by atoms with Crippen molar-refractivity contribution in [1.29, 1.82) is 0 Å². The summed E-state index contributed by atoms with van der Waals surface area (Å²) in [4.78, 5) is 23.6. The SMILES string of the molecule is Cn1cc(-c2cnc3cnc(NC(=O)CN4C5CCC4CC5)cc3c2)nn1. The largest absolute Gasteiger partial charge is 0.310 e. The van der Waals surface area contributed by atoms with E-state index in [0.29, 0.717) is 24.4 Å². The molecule has 5 rings (SSSR count). The van der Waals surface area contributed by atoms with Crippen molar-refractivity contribution in [2.24, 2.45) is 7.05 Å². The van der Waals surface area contributed by atoms with Gasteiger partial charge in [-0.2, -0.15) is 0 Å². The van der Waals surface area contributed by atoms with Crippen LogP contribution in [-0.2, 0) is 11.8 Å². The lowest BCUT2D eigenvalue weighted by atomic mass is 10.0. The van der Waals surface area contributed by atoms with E-state index in [1.165, 1.54) is 25.7 Å². The molecule has 3 aromatic heterocycles. The highest BCUT2D eigenvalue weighted by Gasteiger charge is 2.39. The number of amides is 1. The number of hydrogen-bond donors (Lipinski definition) is 1. The molecule has 0 spiro atoms. The van der Waals surface area contributed by atoms with Gasteiger partial charge in [-0.3, -0.25) is 19.4 Å². The monoisotopic (exact) mass is 363 g/mol. The van der Waals surface area contributed by atoms with Crippen molar-refractivity contribution in [1.82, 2.24) is 29.9 Å². The summed E-state index contributed by atoms with van der Waals surface area (Å²) in [5, 5.41) is 11.9. The van der Waals surface area contributed by atoms with Gasteiger partial charge in [0.25, 0.3) is 0 Å². The first-order valence-corrected chi connectivity index (χ1v) is 9.34. The smallest absolute Gasteiger partial charge is 0.239 e. The van der Waals surface area contributed by atoms with Crippen LogP contribution in [0.5, 0.6) is 0 Å². The highest BCUT2D eigenvalue weighted by Crippen LogP contribution is 2.36. The topological polar surface area (TPSA) is 88.8 Å². The third-order valence-electron chi connectivity index (χ3n) is 5.66. The second kappa shape index (κ2) is 6.38. The van der Waals surface area contributed by atoms with E-state index in [2.05, 4.69) is 30.5 Å². The van der Waals surface area contributed by atoms with Gasteiger partial charge in [0.1, 0.15) is 11.5 Å². The van der Waals surface area contributed by atoms with Gasteiger partial charge in [0.2, 0.25) is 5.91 Å². The van der Waals surface area contributed by atoms with Crippen LogP contribution in [0.3, 0.4) is 0 Å². The number of rotatable bonds is 4. The molecule has 1 N–H and O–H groups in total. The lowest BCUT2D eigenvalue weighted by molar-refractivity contribution is -0.117. The first-order valence-electron chi connectivity index (χ1n) is 9.34. The third-order valence-corrected chi connectivity index (χ3v) is 5.66. The zero-order valence-electron chi connectivity index (χ0n) is 15.2. The molecule has 2 bridgehead atoms. The van der Waals surface area contributed by atoms with E-state index in [1.807, 2.05) is 25.4 Å². The minimum atomic E-state index is -0.00121. The summed E-state index contributed by atoms with van der Waals surface area (Å²) in [7, 11) is 1.83. The van der Waals surface area contributed by atoms with Gasteiger partial charge in [-0.25, -0.2) is 4.98 Å². The fourth-order valence-corrected chi connectivity index (χ4v) is 4.35. The van der Waals surface area contributed by atoms with Crippen molar-refractivity contribution in [3.05, 3.63) is 30.7 Å². The minimum Gasteiger partial charge on any atom is -0.310 e. The van der Waals surface area contributed by atoms with Gasteiger partial charge >= 0.3 is 0 Å². The van der Waals surface area contributed by atoms with Crippen LogP contribution in [0.2, 0.25) is 0 Å². The minimum absolute atomic E-state index is 0.00121. The van der Waals surface area contributed by atoms with E-state index in [-0.39, 0.29) is 5.91 Å². The fourth-order valence-electron chi connectivity index (χ4n) is 4.35. The van der Waals surface area contributed by atoms with Crippen LogP contribution < -0.4 is 5.32 Å². The number of carbonyl (C=O) groups excluding carboxylic acids is 1. The van der Waals surface area contributed by atoms with Gasteiger partial charge in [-0.05, 0) is 37.8 Å². The number of anilines is 1. The third kappa shape index (κ3) is 3.06. The number of hydrogen-bond acceptors (Lipinski definition) is 6. The number of carbonyl (C=O) groups is 1. The quantitative estimate of drug-likeness (QED) is 0.763. The van der Waals surface area contributed by atoms with Crippen molar-refractivity contribution in [2.75, 3.05) is 11.9 Å². The predicted octanol–water partition coefficient (Wildman–Crippen LogP) is 1.99. The van der Waals surface area contributed by atoms with Crippen molar-refractivity contribution in [2.45, 2.75) is 37.8 Å². The zero-order valence-corrected chi connectivity index (χ0v) is 15.2. The van der Waals surface area contributed by atoms with Gasteiger partial charge in [-0.1, -0.05) is 5.21 Å². The molecule has 3 aromatic rings. The van der Waals surface area contributed by atoms with Crippen molar-refractivity contribution >= 4 is 22.6 Å². The maximum Gasteiger partial charge on any atom is 0.239 e. The number of nitrogens with one attached hydrogen (secondary N) is 1. The Morgan fingerprint density at radius 3 is 2.63 bits per heavy atom. The van der Waals surface area contributed by atoms with Crippen LogP contribution in [0.4, 0.5) is 5.82 Å². The molecule has 0 radical (unpaired) electrons. The molecule has 8 nitrogen and oxygen atoms in total. The van der Waals surface area contributed by atoms with E-state index < -0.39 is 0 Å². The first kappa shape index (κ1) is 16.3. The van der Waals surface area contributed by atoms with E-state index in [1.54, 1.807) is 17.1 Å². The molecule has 0 aliphatic carbocycles. The Balaban J connectivity index is 1.35. The van der Waals surface area contributed by atoms with Gasteiger partial charge in [0, 0.05) is 36.3 Å². The standard InChI is InChI=1S/C19H21N7O/c1-25-10-17(23-24-25)13-6-12-7-18(21-9-16(12)20-8-13)22-19(27)11-26-14-2-3-15(26)5-4-14/h6-10,14-15H,2-5,11H2,1H3,(H,21,22,27). The molecule has 2 aliphatic rings. The fraction of sp³-hybridized carbons (Fsp3) is 0.421. The van der Waals surface area contributed by atoms with Gasteiger partial charge in [0.05, 0.1) is 24.5 Å². The Hall–Kier alpha value is -2.87. The molecule has 2 fully saturated rings.